The van der Waals surface area contributed by atoms with Crippen LogP contribution in [0.5, 0.6) is 11.5 Å². The molecule has 0 unspecified atom stereocenters. The molecule has 23 heavy (non-hydrogen) atoms. The van der Waals surface area contributed by atoms with Crippen LogP contribution in [0.15, 0.2) is 42.5 Å². The number of amides is 2. The Morgan fingerprint density at radius 1 is 0.826 bits per heavy atom. The molecule has 0 radical (unpaired) electrons. The smallest absolute Gasteiger partial charge is 0.269 e. The Kier molecular flexibility index (Phi) is 5.19. The Hall–Kier alpha value is -3.02. The Labute approximate surface area is 134 Å². The molecule has 0 saturated carbocycles. The van der Waals surface area contributed by atoms with Crippen molar-refractivity contribution in [2.45, 2.75) is 6.92 Å². The highest BCUT2D eigenvalue weighted by atomic mass is 16.5. The monoisotopic (exact) mass is 314 g/mol. The summed E-state index contributed by atoms with van der Waals surface area (Å²) >= 11 is 0. The van der Waals surface area contributed by atoms with E-state index in [1.54, 1.807) is 49.6 Å². The van der Waals surface area contributed by atoms with Crippen LogP contribution in [0.2, 0.25) is 0 Å². The predicted molar refractivity (Wildman–Crippen MR) is 85.7 cm³/mol. The lowest BCUT2D eigenvalue weighted by Gasteiger charge is -2.10. The van der Waals surface area contributed by atoms with Crippen LogP contribution < -0.4 is 20.3 Å². The van der Waals surface area contributed by atoms with E-state index in [4.69, 9.17) is 9.47 Å². The lowest BCUT2D eigenvalue weighted by Crippen LogP contribution is -2.41. The number of hydrazine groups is 1. The zero-order valence-electron chi connectivity index (χ0n) is 13.2. The van der Waals surface area contributed by atoms with Gasteiger partial charge in [0.15, 0.2) is 0 Å². The molecule has 0 atom stereocenters. The van der Waals surface area contributed by atoms with Crippen molar-refractivity contribution in [1.29, 1.82) is 0 Å². The largest absolute Gasteiger partial charge is 0.497 e. The van der Waals surface area contributed by atoms with Gasteiger partial charge in [-0.1, -0.05) is 6.07 Å². The summed E-state index contributed by atoms with van der Waals surface area (Å²) < 4.78 is 10.2. The van der Waals surface area contributed by atoms with Crippen LogP contribution in [0.4, 0.5) is 0 Å². The Morgan fingerprint density at radius 3 is 1.96 bits per heavy atom. The van der Waals surface area contributed by atoms with Gasteiger partial charge >= 0.3 is 0 Å². The molecule has 2 aromatic rings. The molecular weight excluding hydrogens is 296 g/mol. The fourth-order valence-electron chi connectivity index (χ4n) is 1.96. The average Bonchev–Trinajstić information content (AvgIpc) is 2.59. The summed E-state index contributed by atoms with van der Waals surface area (Å²) in [4.78, 5) is 24.0. The molecule has 0 spiro atoms. The van der Waals surface area contributed by atoms with E-state index in [-0.39, 0.29) is 0 Å². The maximum atomic E-state index is 12.1. The van der Waals surface area contributed by atoms with Crippen molar-refractivity contribution < 1.29 is 19.1 Å². The van der Waals surface area contributed by atoms with Gasteiger partial charge in [-0.25, -0.2) is 0 Å². The van der Waals surface area contributed by atoms with Crippen molar-refractivity contribution in [3.63, 3.8) is 0 Å². The van der Waals surface area contributed by atoms with Crippen LogP contribution in [0.1, 0.15) is 26.3 Å². The Balaban J connectivity index is 1.99. The minimum atomic E-state index is -0.426. The number of carbonyl (C=O) groups excluding carboxylic acids is 2. The fraction of sp³-hybridized carbons (Fsp3) is 0.176. The Bertz CT molecular complexity index is 711. The van der Waals surface area contributed by atoms with Gasteiger partial charge in [0.25, 0.3) is 11.8 Å². The molecule has 6 nitrogen and oxygen atoms in total. The normalized spacial score (nSPS) is 9.87. The zero-order chi connectivity index (χ0) is 16.8. The zero-order valence-corrected chi connectivity index (χ0v) is 13.2. The van der Waals surface area contributed by atoms with E-state index >= 15 is 0 Å². The highest BCUT2D eigenvalue weighted by Gasteiger charge is 2.11. The maximum Gasteiger partial charge on any atom is 0.269 e. The summed E-state index contributed by atoms with van der Waals surface area (Å²) in [5.41, 5.74) is 6.46. The predicted octanol–water partition coefficient (Wildman–Crippen LogP) is 2.09. The van der Waals surface area contributed by atoms with Gasteiger partial charge in [0.2, 0.25) is 0 Å². The van der Waals surface area contributed by atoms with Gasteiger partial charge in [-0.15, -0.1) is 0 Å². The summed E-state index contributed by atoms with van der Waals surface area (Å²) in [5, 5.41) is 0. The van der Waals surface area contributed by atoms with Gasteiger partial charge in [0.05, 0.1) is 14.2 Å². The number of aryl methyl sites for hydroxylation is 1. The summed E-state index contributed by atoms with van der Waals surface area (Å²) in [6, 6.07) is 11.6. The number of carbonyl (C=O) groups is 2. The first-order valence-corrected chi connectivity index (χ1v) is 6.94. The van der Waals surface area contributed by atoms with Crippen LogP contribution >= 0.6 is 0 Å². The average molecular weight is 314 g/mol. The Morgan fingerprint density at radius 2 is 1.39 bits per heavy atom. The molecule has 0 saturated heterocycles. The number of hydrogen-bond acceptors (Lipinski definition) is 4. The number of rotatable bonds is 4. The number of ether oxygens (including phenoxy) is 2. The summed E-state index contributed by atoms with van der Waals surface area (Å²) in [6.07, 6.45) is 0. The van der Waals surface area contributed by atoms with E-state index in [9.17, 15) is 9.59 Å². The van der Waals surface area contributed by atoms with E-state index in [2.05, 4.69) is 10.9 Å². The molecule has 0 aliphatic heterocycles. The SMILES string of the molecule is COc1ccc(C(=O)NNC(=O)c2ccc(C)c(OC)c2)cc1. The van der Waals surface area contributed by atoms with Crippen LogP contribution in [-0.4, -0.2) is 26.0 Å². The van der Waals surface area contributed by atoms with Crippen molar-refractivity contribution >= 4 is 11.8 Å². The van der Waals surface area contributed by atoms with Crippen molar-refractivity contribution in [3.8, 4) is 11.5 Å². The quantitative estimate of drug-likeness (QED) is 0.847. The molecule has 2 rings (SSSR count). The minimum absolute atomic E-state index is 0.391. The molecule has 0 aliphatic rings. The van der Waals surface area contributed by atoms with E-state index in [0.29, 0.717) is 22.6 Å². The highest BCUT2D eigenvalue weighted by molar-refractivity contribution is 5.99. The van der Waals surface area contributed by atoms with Gasteiger partial charge in [-0.05, 0) is 48.9 Å². The molecule has 2 aromatic carbocycles. The first-order valence-electron chi connectivity index (χ1n) is 6.94. The van der Waals surface area contributed by atoms with Gasteiger partial charge in [0.1, 0.15) is 11.5 Å². The first-order chi connectivity index (χ1) is 11.0. The third-order valence-corrected chi connectivity index (χ3v) is 3.31. The molecule has 2 N–H and O–H groups in total. The molecule has 120 valence electrons. The third kappa shape index (κ3) is 4.00. The second kappa shape index (κ2) is 7.31. The van der Waals surface area contributed by atoms with Crippen molar-refractivity contribution in [2.24, 2.45) is 0 Å². The van der Waals surface area contributed by atoms with Gasteiger partial charge in [0, 0.05) is 11.1 Å². The van der Waals surface area contributed by atoms with Gasteiger partial charge < -0.3 is 9.47 Å². The summed E-state index contributed by atoms with van der Waals surface area (Å²) in [5.74, 6) is 0.418. The van der Waals surface area contributed by atoms with Crippen molar-refractivity contribution in [1.82, 2.24) is 10.9 Å². The van der Waals surface area contributed by atoms with Gasteiger partial charge in [-0.2, -0.15) is 0 Å². The third-order valence-electron chi connectivity index (χ3n) is 3.31. The fourth-order valence-corrected chi connectivity index (χ4v) is 1.96. The van der Waals surface area contributed by atoms with Crippen LogP contribution in [-0.2, 0) is 0 Å². The molecule has 0 aromatic heterocycles. The summed E-state index contributed by atoms with van der Waals surface area (Å²) in [7, 11) is 3.08. The number of methoxy groups -OCH3 is 2. The topological polar surface area (TPSA) is 76.7 Å². The second-order valence-electron chi connectivity index (χ2n) is 4.82. The van der Waals surface area contributed by atoms with Crippen LogP contribution in [0.3, 0.4) is 0 Å². The summed E-state index contributed by atoms with van der Waals surface area (Å²) in [6.45, 7) is 1.88. The number of benzene rings is 2. The molecule has 2 amide bonds. The molecule has 0 fully saturated rings. The molecule has 0 aliphatic carbocycles. The van der Waals surface area contributed by atoms with Crippen LogP contribution in [0.25, 0.3) is 0 Å². The molecule has 0 heterocycles. The van der Waals surface area contributed by atoms with E-state index < -0.39 is 11.8 Å². The first kappa shape index (κ1) is 16.4. The lowest BCUT2D eigenvalue weighted by atomic mass is 10.1. The van der Waals surface area contributed by atoms with E-state index in [0.717, 1.165) is 5.56 Å². The highest BCUT2D eigenvalue weighted by Crippen LogP contribution is 2.18. The molecule has 0 bridgehead atoms. The van der Waals surface area contributed by atoms with Crippen molar-refractivity contribution in [3.05, 3.63) is 59.2 Å². The minimum Gasteiger partial charge on any atom is -0.497 e. The van der Waals surface area contributed by atoms with Gasteiger partial charge in [-0.3, -0.25) is 20.4 Å². The maximum absolute atomic E-state index is 12.1. The number of hydrogen-bond donors (Lipinski definition) is 2. The standard InChI is InChI=1S/C17H18N2O4/c1-11-4-5-13(10-15(11)23-3)17(21)19-18-16(20)12-6-8-14(22-2)9-7-12/h4-10H,1-3H3,(H,18,20)(H,19,21). The lowest BCUT2D eigenvalue weighted by molar-refractivity contribution is 0.0846. The number of nitrogens with one attached hydrogen (secondary N) is 2. The van der Waals surface area contributed by atoms with E-state index in [1.807, 2.05) is 6.92 Å². The molecular formula is C17H18N2O4. The van der Waals surface area contributed by atoms with Crippen molar-refractivity contribution in [2.75, 3.05) is 14.2 Å². The molecule has 6 heteroatoms. The second-order valence-corrected chi connectivity index (χ2v) is 4.82. The van der Waals surface area contributed by atoms with Crippen LogP contribution in [0, 0.1) is 6.92 Å². The van der Waals surface area contributed by atoms with E-state index in [1.165, 1.54) is 7.11 Å².